The second kappa shape index (κ2) is 6.97. The van der Waals surface area contributed by atoms with E-state index < -0.39 is 0 Å². The number of benzene rings is 2. The predicted octanol–water partition coefficient (Wildman–Crippen LogP) is 4.53. The van der Waals surface area contributed by atoms with E-state index in [4.69, 9.17) is 0 Å². The number of amides is 1. The lowest BCUT2D eigenvalue weighted by molar-refractivity contribution is -0.114. The lowest BCUT2D eigenvalue weighted by Gasteiger charge is -2.27. The van der Waals surface area contributed by atoms with Crippen molar-refractivity contribution in [1.82, 2.24) is 0 Å². The van der Waals surface area contributed by atoms with Crippen molar-refractivity contribution in [3.05, 3.63) is 89.0 Å². The zero-order chi connectivity index (χ0) is 18.8. The summed E-state index contributed by atoms with van der Waals surface area (Å²) in [5, 5.41) is 5.79. The van der Waals surface area contributed by atoms with Crippen molar-refractivity contribution in [2.24, 2.45) is 5.10 Å². The number of hydrogen-bond acceptors (Lipinski definition) is 3. The van der Waals surface area contributed by atoms with Gasteiger partial charge in [-0.2, -0.15) is 10.1 Å². The molecule has 0 saturated heterocycles. The van der Waals surface area contributed by atoms with E-state index in [1.54, 1.807) is 0 Å². The summed E-state index contributed by atoms with van der Waals surface area (Å²) in [6.45, 7) is 4.71. The molecule has 0 N–H and O–H groups in total. The number of nitrogens with zero attached hydrogens (tertiary/aromatic N) is 3. The summed E-state index contributed by atoms with van der Waals surface area (Å²) in [5.41, 5.74) is 11.2. The number of carbonyl (C=O) groups is 1. The quantitative estimate of drug-likeness (QED) is 0.587. The van der Waals surface area contributed by atoms with Gasteiger partial charge in [-0.25, -0.2) is 0 Å². The first-order chi connectivity index (χ1) is 13.2. The molecular formula is C23H19N3O. The van der Waals surface area contributed by atoms with Gasteiger partial charge in [0.15, 0.2) is 0 Å². The average Bonchev–Trinajstić information content (AvgIpc) is 3.00. The topological polar surface area (TPSA) is 35.9 Å². The molecule has 0 saturated carbocycles. The summed E-state index contributed by atoms with van der Waals surface area (Å²) in [6, 6.07) is 17.6. The molecule has 27 heavy (non-hydrogen) atoms. The smallest absolute Gasteiger partial charge is 0.289 e. The number of likely N-dealkylation sites (N-methyl/N-ethyl adjacent to an activating group) is 1. The van der Waals surface area contributed by atoms with Crippen LogP contribution >= 0.6 is 0 Å². The fourth-order valence-electron chi connectivity index (χ4n) is 3.23. The number of allylic oxidation sites excluding steroid dienone is 1. The highest BCUT2D eigenvalue weighted by molar-refractivity contribution is 6.29. The van der Waals surface area contributed by atoms with Crippen LogP contribution in [0.3, 0.4) is 0 Å². The first-order valence-corrected chi connectivity index (χ1v) is 8.94. The van der Waals surface area contributed by atoms with E-state index in [0.29, 0.717) is 11.3 Å². The van der Waals surface area contributed by atoms with Crippen LogP contribution in [0.4, 0.5) is 11.4 Å². The number of hydrogen-bond donors (Lipinski definition) is 0. The van der Waals surface area contributed by atoms with Crippen molar-refractivity contribution in [3.63, 3.8) is 0 Å². The van der Waals surface area contributed by atoms with Crippen molar-refractivity contribution in [2.45, 2.75) is 13.8 Å². The third kappa shape index (κ3) is 3.04. The van der Waals surface area contributed by atoms with E-state index in [1.165, 1.54) is 10.6 Å². The molecule has 1 amide bonds. The van der Waals surface area contributed by atoms with Gasteiger partial charge in [-0.15, -0.1) is 0 Å². The summed E-state index contributed by atoms with van der Waals surface area (Å²) >= 11 is 0. The zero-order valence-corrected chi connectivity index (χ0v) is 15.3. The van der Waals surface area contributed by atoms with E-state index in [9.17, 15) is 4.79 Å². The summed E-state index contributed by atoms with van der Waals surface area (Å²) in [5.74, 6) is -0.185. The Hall–Kier alpha value is -3.58. The van der Waals surface area contributed by atoms with Crippen LogP contribution in [0, 0.1) is 0 Å². The number of para-hydroxylation sites is 2. The van der Waals surface area contributed by atoms with Gasteiger partial charge >= 0.3 is 0 Å². The molecular weight excluding hydrogens is 334 g/mol. The maximum Gasteiger partial charge on any atom is 0.289 e. The SMILES string of the molecule is CCN1C(=C=C=C2C(=O)N(c3ccccc3)N=C2C)C=Cc2ccccc21. The lowest BCUT2D eigenvalue weighted by atomic mass is 10.1. The van der Waals surface area contributed by atoms with Crippen LogP contribution in [0.5, 0.6) is 0 Å². The third-order valence-electron chi connectivity index (χ3n) is 4.59. The summed E-state index contributed by atoms with van der Waals surface area (Å²) in [4.78, 5) is 14.9. The molecule has 4 nitrogen and oxygen atoms in total. The van der Waals surface area contributed by atoms with Crippen molar-refractivity contribution >= 4 is 29.1 Å². The molecule has 132 valence electrons. The fraction of sp³-hybridized carbons (Fsp3) is 0.130. The minimum Gasteiger partial charge on any atom is -0.334 e. The Morgan fingerprint density at radius 1 is 0.963 bits per heavy atom. The van der Waals surface area contributed by atoms with E-state index in [1.807, 2.05) is 55.5 Å². The molecule has 2 aliphatic rings. The first-order valence-electron chi connectivity index (χ1n) is 8.94. The lowest BCUT2D eigenvalue weighted by Crippen LogP contribution is -2.23. The molecule has 2 aliphatic heterocycles. The van der Waals surface area contributed by atoms with Gasteiger partial charge in [0, 0.05) is 12.2 Å². The van der Waals surface area contributed by atoms with Crippen LogP contribution < -0.4 is 9.91 Å². The van der Waals surface area contributed by atoms with Gasteiger partial charge < -0.3 is 4.90 Å². The largest absolute Gasteiger partial charge is 0.334 e. The minimum absolute atomic E-state index is 0.185. The Bertz CT molecular complexity index is 1070. The molecule has 0 unspecified atom stereocenters. The molecule has 0 aromatic heterocycles. The molecule has 2 aromatic carbocycles. The van der Waals surface area contributed by atoms with Gasteiger partial charge in [0.1, 0.15) is 5.57 Å². The second-order valence-electron chi connectivity index (χ2n) is 6.28. The molecule has 0 radical (unpaired) electrons. The van der Waals surface area contributed by atoms with Gasteiger partial charge in [-0.3, -0.25) is 4.79 Å². The molecule has 0 fully saturated rings. The molecule has 4 heteroatoms. The van der Waals surface area contributed by atoms with Crippen LogP contribution in [0.25, 0.3) is 6.08 Å². The van der Waals surface area contributed by atoms with Crippen LogP contribution in [-0.2, 0) is 4.79 Å². The number of fused-ring (bicyclic) bond motifs is 1. The van der Waals surface area contributed by atoms with Crippen molar-refractivity contribution < 1.29 is 4.79 Å². The minimum atomic E-state index is -0.185. The standard InChI is InChI=1S/C23H19N3O/c1-3-25-19(14-13-18-9-7-8-12-22(18)25)15-16-21-17(2)24-26(23(21)27)20-10-5-4-6-11-20/h4-14H,3H2,1-2H3. The normalized spacial score (nSPS) is 15.5. The van der Waals surface area contributed by atoms with Crippen molar-refractivity contribution in [3.8, 4) is 0 Å². The monoisotopic (exact) mass is 353 g/mol. The van der Waals surface area contributed by atoms with Crippen molar-refractivity contribution in [2.75, 3.05) is 16.5 Å². The maximum atomic E-state index is 12.8. The number of hydrazone groups is 1. The summed E-state index contributed by atoms with van der Waals surface area (Å²) in [7, 11) is 0. The Morgan fingerprint density at radius 2 is 1.70 bits per heavy atom. The van der Waals surface area contributed by atoms with E-state index in [0.717, 1.165) is 23.6 Å². The zero-order valence-electron chi connectivity index (χ0n) is 15.3. The Labute approximate surface area is 158 Å². The Balaban J connectivity index is 1.76. The van der Waals surface area contributed by atoms with E-state index in [-0.39, 0.29) is 5.91 Å². The maximum absolute atomic E-state index is 12.8. The average molecular weight is 353 g/mol. The fourth-order valence-corrected chi connectivity index (χ4v) is 3.23. The summed E-state index contributed by atoms with van der Waals surface area (Å²) in [6.07, 6.45) is 4.06. The van der Waals surface area contributed by atoms with Crippen LogP contribution in [0.1, 0.15) is 19.4 Å². The predicted molar refractivity (Wildman–Crippen MR) is 110 cm³/mol. The molecule has 0 spiro atoms. The van der Waals surface area contributed by atoms with E-state index in [2.05, 4.69) is 46.6 Å². The highest BCUT2D eigenvalue weighted by atomic mass is 16.2. The second-order valence-corrected chi connectivity index (χ2v) is 6.28. The molecule has 2 aromatic rings. The molecule has 0 bridgehead atoms. The van der Waals surface area contributed by atoms with Gasteiger partial charge in [0.05, 0.1) is 17.1 Å². The molecule has 0 atom stereocenters. The van der Waals surface area contributed by atoms with Crippen LogP contribution in [0.2, 0.25) is 0 Å². The third-order valence-corrected chi connectivity index (χ3v) is 4.59. The van der Waals surface area contributed by atoms with Gasteiger partial charge in [-0.05, 0) is 49.4 Å². The summed E-state index contributed by atoms with van der Waals surface area (Å²) < 4.78 is 0. The van der Waals surface area contributed by atoms with E-state index >= 15 is 0 Å². The first kappa shape index (κ1) is 16.9. The highest BCUT2D eigenvalue weighted by Crippen LogP contribution is 2.30. The molecule has 2 heterocycles. The van der Waals surface area contributed by atoms with Crippen molar-refractivity contribution in [1.29, 1.82) is 0 Å². The van der Waals surface area contributed by atoms with Crippen LogP contribution in [0.15, 0.2) is 88.5 Å². The van der Waals surface area contributed by atoms with Gasteiger partial charge in [0.25, 0.3) is 5.91 Å². The van der Waals surface area contributed by atoms with Crippen LogP contribution in [-0.4, -0.2) is 18.2 Å². The van der Waals surface area contributed by atoms with Gasteiger partial charge in [-0.1, -0.05) is 48.2 Å². The number of carbonyl (C=O) groups excluding carboxylic acids is 1. The molecule has 0 aliphatic carbocycles. The highest BCUT2D eigenvalue weighted by Gasteiger charge is 2.28. The Kier molecular flexibility index (Phi) is 4.35. The molecule has 4 rings (SSSR count). The Morgan fingerprint density at radius 3 is 2.48 bits per heavy atom. The van der Waals surface area contributed by atoms with Gasteiger partial charge in [0.2, 0.25) is 0 Å². The number of anilines is 2. The number of rotatable bonds is 2.